The molecule has 0 saturated carbocycles. The number of carbonyl (C=O) groups is 1. The Labute approximate surface area is 66.2 Å². The fraction of sp³-hybridized carbons (Fsp3) is 0.375. The molecule has 2 heteroatoms. The van der Waals surface area contributed by atoms with Gasteiger partial charge in [0.15, 0.2) is 0 Å². The number of carbonyl (C=O) groups excluding carboxylic acids is 1. The summed E-state index contributed by atoms with van der Waals surface area (Å²) in [6.07, 6.45) is 4.19. The monoisotopic (exact) mass is 156 g/mol. The Balaban J connectivity index is 3.95. The average Bonchev–Trinajstić information content (AvgIpc) is 1.86. The molecule has 0 aromatic rings. The summed E-state index contributed by atoms with van der Waals surface area (Å²) < 4.78 is 0. The molecule has 10 heavy (non-hydrogen) atoms. The molecule has 0 rings (SSSR count). The van der Waals surface area contributed by atoms with E-state index in [0.29, 0.717) is 6.42 Å². The molecule has 0 aliphatic carbocycles. The molecule has 0 bridgehead atoms. The van der Waals surface area contributed by atoms with Crippen molar-refractivity contribution in [2.45, 2.75) is 13.3 Å². The van der Waals surface area contributed by atoms with Gasteiger partial charge in [-0.2, -0.15) is 0 Å². The van der Waals surface area contributed by atoms with Gasteiger partial charge in [-0.05, 0) is 24.2 Å². The molecule has 0 heterocycles. The Morgan fingerprint density at radius 3 is 2.60 bits per heavy atom. The predicted molar refractivity (Wildman–Crippen MR) is 47.1 cm³/mol. The molecule has 0 aromatic heterocycles. The largest absolute Gasteiger partial charge is 0.300 e. The third kappa shape index (κ3) is 4.39. The molecule has 0 aliphatic rings. The van der Waals surface area contributed by atoms with Crippen LogP contribution in [0.5, 0.6) is 0 Å². The third-order valence-electron chi connectivity index (χ3n) is 0.984. The van der Waals surface area contributed by atoms with Gasteiger partial charge in [-0.3, -0.25) is 4.79 Å². The first-order chi connectivity index (χ1) is 4.70. The summed E-state index contributed by atoms with van der Waals surface area (Å²) in [5.41, 5.74) is 1.00. The van der Waals surface area contributed by atoms with E-state index < -0.39 is 0 Å². The lowest BCUT2D eigenvalue weighted by atomic mass is 10.2. The van der Waals surface area contributed by atoms with E-state index in [1.165, 1.54) is 0 Å². The van der Waals surface area contributed by atoms with Crippen molar-refractivity contribution in [3.05, 3.63) is 23.6 Å². The van der Waals surface area contributed by atoms with Crippen LogP contribution in [-0.2, 0) is 4.79 Å². The fourth-order valence-electron chi connectivity index (χ4n) is 0.601. The van der Waals surface area contributed by atoms with Crippen LogP contribution >= 0.6 is 11.8 Å². The van der Waals surface area contributed by atoms with E-state index in [0.717, 1.165) is 5.57 Å². The number of rotatable bonds is 4. The topological polar surface area (TPSA) is 17.1 Å². The quantitative estimate of drug-likeness (QED) is 0.581. The van der Waals surface area contributed by atoms with E-state index in [1.807, 2.05) is 11.7 Å². The van der Waals surface area contributed by atoms with Crippen LogP contribution in [0.15, 0.2) is 23.6 Å². The first kappa shape index (κ1) is 9.50. The van der Waals surface area contributed by atoms with Crippen molar-refractivity contribution in [3.8, 4) is 0 Å². The summed E-state index contributed by atoms with van der Waals surface area (Å²) in [5.74, 6) is 0.181. The molecule has 0 radical (unpaired) electrons. The lowest BCUT2D eigenvalue weighted by Gasteiger charge is -1.94. The number of thioether (sulfide) groups is 1. The molecule has 0 saturated heterocycles. The third-order valence-corrected chi connectivity index (χ3v) is 1.52. The van der Waals surface area contributed by atoms with Gasteiger partial charge in [-0.25, -0.2) is 0 Å². The number of hydrogen-bond acceptors (Lipinski definition) is 2. The summed E-state index contributed by atoms with van der Waals surface area (Å²) >= 11 is 1.59. The summed E-state index contributed by atoms with van der Waals surface area (Å²) in [6, 6.07) is 0. The zero-order chi connectivity index (χ0) is 7.98. The standard InChI is InChI=1S/C8H12OS/c1-4-8(6-10-3)5-7(2)9/h4,6H,1,5H2,2-3H3/b8-6+. The van der Waals surface area contributed by atoms with Crippen molar-refractivity contribution in [2.24, 2.45) is 0 Å². The number of ketones is 1. The first-order valence-corrected chi connectivity index (χ1v) is 4.33. The number of hydrogen-bond donors (Lipinski definition) is 0. The molecule has 0 N–H and O–H groups in total. The molecule has 0 amide bonds. The van der Waals surface area contributed by atoms with Crippen LogP contribution in [0.3, 0.4) is 0 Å². The maximum absolute atomic E-state index is 10.6. The van der Waals surface area contributed by atoms with Crippen molar-refractivity contribution in [1.82, 2.24) is 0 Å². The second-order valence-corrected chi connectivity index (χ2v) is 2.72. The smallest absolute Gasteiger partial charge is 0.134 e. The normalized spacial score (nSPS) is 11.2. The van der Waals surface area contributed by atoms with Gasteiger partial charge in [0.05, 0.1) is 0 Å². The SMILES string of the molecule is C=C/C(=C\SC)CC(C)=O. The van der Waals surface area contributed by atoms with Crippen molar-refractivity contribution < 1.29 is 4.79 Å². The molecule has 0 unspecified atom stereocenters. The Kier molecular flexibility index (Phi) is 5.03. The molecule has 0 fully saturated rings. The lowest BCUT2D eigenvalue weighted by Crippen LogP contribution is -1.90. The zero-order valence-electron chi connectivity index (χ0n) is 6.39. The minimum atomic E-state index is 0.181. The van der Waals surface area contributed by atoms with Crippen LogP contribution in [0.4, 0.5) is 0 Å². The zero-order valence-corrected chi connectivity index (χ0v) is 7.20. The van der Waals surface area contributed by atoms with Crippen molar-refractivity contribution in [2.75, 3.05) is 6.26 Å². The molecule has 0 spiro atoms. The van der Waals surface area contributed by atoms with Gasteiger partial charge >= 0.3 is 0 Å². The molecular formula is C8H12OS. The van der Waals surface area contributed by atoms with Crippen molar-refractivity contribution in [3.63, 3.8) is 0 Å². The molecule has 0 atom stereocenters. The molecule has 56 valence electrons. The Bertz CT molecular complexity index is 159. The van der Waals surface area contributed by atoms with Crippen LogP contribution < -0.4 is 0 Å². The molecule has 0 aromatic carbocycles. The van der Waals surface area contributed by atoms with Crippen LogP contribution in [0.2, 0.25) is 0 Å². The summed E-state index contributed by atoms with van der Waals surface area (Å²) in [6.45, 7) is 5.18. The van der Waals surface area contributed by atoms with Crippen molar-refractivity contribution >= 4 is 17.5 Å². The highest BCUT2D eigenvalue weighted by Crippen LogP contribution is 2.08. The van der Waals surface area contributed by atoms with Gasteiger partial charge in [0.25, 0.3) is 0 Å². The lowest BCUT2D eigenvalue weighted by molar-refractivity contribution is -0.116. The number of allylic oxidation sites excluding steroid dienone is 2. The van der Waals surface area contributed by atoms with E-state index in [1.54, 1.807) is 24.8 Å². The summed E-state index contributed by atoms with van der Waals surface area (Å²) in [4.78, 5) is 10.6. The maximum atomic E-state index is 10.6. The van der Waals surface area contributed by atoms with E-state index in [9.17, 15) is 4.79 Å². The Hall–Kier alpha value is -0.500. The second-order valence-electron chi connectivity index (χ2n) is 2.01. The van der Waals surface area contributed by atoms with Crippen LogP contribution in [0.25, 0.3) is 0 Å². The van der Waals surface area contributed by atoms with Gasteiger partial charge in [-0.1, -0.05) is 12.7 Å². The minimum Gasteiger partial charge on any atom is -0.300 e. The highest BCUT2D eigenvalue weighted by Gasteiger charge is 1.94. The maximum Gasteiger partial charge on any atom is 0.134 e. The van der Waals surface area contributed by atoms with Gasteiger partial charge in [0.2, 0.25) is 0 Å². The second kappa shape index (κ2) is 5.30. The van der Waals surface area contributed by atoms with E-state index in [-0.39, 0.29) is 5.78 Å². The van der Waals surface area contributed by atoms with Crippen LogP contribution in [0.1, 0.15) is 13.3 Å². The Morgan fingerprint density at radius 1 is 1.70 bits per heavy atom. The molecular weight excluding hydrogens is 144 g/mol. The highest BCUT2D eigenvalue weighted by atomic mass is 32.2. The van der Waals surface area contributed by atoms with Gasteiger partial charge in [0.1, 0.15) is 5.78 Å². The van der Waals surface area contributed by atoms with Gasteiger partial charge < -0.3 is 0 Å². The number of Topliss-reactive ketones (excluding diaryl/α,β-unsaturated/α-hetero) is 1. The van der Waals surface area contributed by atoms with Gasteiger partial charge in [-0.15, -0.1) is 11.8 Å². The average molecular weight is 156 g/mol. The molecule has 1 nitrogen and oxygen atoms in total. The Morgan fingerprint density at radius 2 is 2.30 bits per heavy atom. The summed E-state index contributed by atoms with van der Waals surface area (Å²) in [5, 5.41) is 1.94. The van der Waals surface area contributed by atoms with Crippen LogP contribution in [-0.4, -0.2) is 12.0 Å². The van der Waals surface area contributed by atoms with E-state index in [2.05, 4.69) is 6.58 Å². The van der Waals surface area contributed by atoms with E-state index >= 15 is 0 Å². The summed E-state index contributed by atoms with van der Waals surface area (Å²) in [7, 11) is 0. The minimum absolute atomic E-state index is 0.181. The highest BCUT2D eigenvalue weighted by molar-refractivity contribution is 8.01. The fourth-order valence-corrected chi connectivity index (χ4v) is 1.08. The van der Waals surface area contributed by atoms with Gasteiger partial charge in [0, 0.05) is 6.42 Å². The predicted octanol–water partition coefficient (Wildman–Crippen LogP) is 2.40. The first-order valence-electron chi connectivity index (χ1n) is 3.04. The van der Waals surface area contributed by atoms with Crippen LogP contribution in [0, 0.1) is 0 Å². The molecule has 0 aliphatic heterocycles. The van der Waals surface area contributed by atoms with E-state index in [4.69, 9.17) is 0 Å². The van der Waals surface area contributed by atoms with Crippen molar-refractivity contribution in [1.29, 1.82) is 0 Å².